The van der Waals surface area contributed by atoms with E-state index in [1.54, 1.807) is 0 Å². The van der Waals surface area contributed by atoms with Gasteiger partial charge in [-0.25, -0.2) is 9.97 Å². The first kappa shape index (κ1) is 14.4. The van der Waals surface area contributed by atoms with Gasteiger partial charge in [0.25, 0.3) is 0 Å². The molecule has 3 fully saturated rings. The Hall–Kier alpha value is -1.20. The van der Waals surface area contributed by atoms with Crippen LogP contribution in [0, 0.1) is 11.3 Å². The van der Waals surface area contributed by atoms with E-state index in [9.17, 15) is 0 Å². The van der Waals surface area contributed by atoms with Crippen molar-refractivity contribution >= 4 is 5.95 Å². The fourth-order valence-corrected chi connectivity index (χ4v) is 3.96. The summed E-state index contributed by atoms with van der Waals surface area (Å²) in [5, 5.41) is 3.49. The van der Waals surface area contributed by atoms with E-state index in [-0.39, 0.29) is 0 Å². The van der Waals surface area contributed by atoms with Crippen molar-refractivity contribution in [3.8, 4) is 0 Å². The van der Waals surface area contributed by atoms with E-state index in [2.05, 4.69) is 20.2 Å². The van der Waals surface area contributed by atoms with Gasteiger partial charge >= 0.3 is 0 Å². The first-order chi connectivity index (χ1) is 10.8. The van der Waals surface area contributed by atoms with Crippen LogP contribution in [-0.2, 0) is 4.74 Å². The number of hydrogen-bond donors (Lipinski definition) is 1. The third kappa shape index (κ3) is 3.10. The first-order valence-corrected chi connectivity index (χ1v) is 8.67. The van der Waals surface area contributed by atoms with E-state index in [4.69, 9.17) is 4.74 Å². The SMILES string of the molecule is c1cnc(N2CC3(CCNCC3)C[C@@H]2COCC2CC2)nc1. The van der Waals surface area contributed by atoms with Crippen molar-refractivity contribution in [2.45, 2.75) is 38.1 Å². The lowest BCUT2D eigenvalue weighted by Gasteiger charge is -2.33. The molecule has 1 aromatic rings. The number of nitrogens with zero attached hydrogens (tertiary/aromatic N) is 3. The van der Waals surface area contributed by atoms with Crippen LogP contribution in [0.2, 0.25) is 0 Å². The lowest BCUT2D eigenvalue weighted by Crippen LogP contribution is -2.39. The monoisotopic (exact) mass is 302 g/mol. The number of aromatic nitrogens is 2. The average molecular weight is 302 g/mol. The van der Waals surface area contributed by atoms with Crippen molar-refractivity contribution in [3.05, 3.63) is 18.5 Å². The quantitative estimate of drug-likeness (QED) is 0.899. The van der Waals surface area contributed by atoms with Crippen LogP contribution >= 0.6 is 0 Å². The Balaban J connectivity index is 1.47. The molecule has 1 N–H and O–H groups in total. The Bertz CT molecular complexity index is 485. The molecule has 0 unspecified atom stereocenters. The zero-order valence-electron chi connectivity index (χ0n) is 13.2. The van der Waals surface area contributed by atoms with Gasteiger partial charge in [0.15, 0.2) is 0 Å². The summed E-state index contributed by atoms with van der Waals surface area (Å²) in [7, 11) is 0. The summed E-state index contributed by atoms with van der Waals surface area (Å²) in [6, 6.07) is 2.32. The zero-order valence-corrected chi connectivity index (χ0v) is 13.2. The molecule has 22 heavy (non-hydrogen) atoms. The maximum absolute atomic E-state index is 6.01. The highest BCUT2D eigenvalue weighted by Crippen LogP contribution is 2.43. The lowest BCUT2D eigenvalue weighted by atomic mass is 9.77. The summed E-state index contributed by atoms with van der Waals surface area (Å²) < 4.78 is 6.01. The molecule has 1 atom stereocenters. The summed E-state index contributed by atoms with van der Waals surface area (Å²) in [5.41, 5.74) is 0.429. The van der Waals surface area contributed by atoms with Gasteiger partial charge in [-0.05, 0) is 62.6 Å². The topological polar surface area (TPSA) is 50.3 Å². The number of rotatable bonds is 5. The van der Waals surface area contributed by atoms with Gasteiger partial charge in [-0.1, -0.05) is 0 Å². The highest BCUT2D eigenvalue weighted by atomic mass is 16.5. The number of ether oxygens (including phenoxy) is 1. The molecule has 3 aliphatic rings. The third-order valence-electron chi connectivity index (χ3n) is 5.45. The number of anilines is 1. The molecule has 2 aliphatic heterocycles. The van der Waals surface area contributed by atoms with Gasteiger partial charge in [-0.2, -0.15) is 0 Å². The Labute approximate surface area is 132 Å². The predicted molar refractivity (Wildman–Crippen MR) is 85.9 cm³/mol. The molecule has 5 nitrogen and oxygen atoms in total. The average Bonchev–Trinajstić information content (AvgIpc) is 3.32. The van der Waals surface area contributed by atoms with Crippen molar-refractivity contribution in [2.24, 2.45) is 11.3 Å². The Kier molecular flexibility index (Phi) is 4.01. The molecule has 1 spiro atoms. The molecular weight excluding hydrogens is 276 g/mol. The zero-order chi connectivity index (χ0) is 14.8. The van der Waals surface area contributed by atoms with Crippen LogP contribution in [0.3, 0.4) is 0 Å². The minimum absolute atomic E-state index is 0.429. The number of piperidine rings is 1. The summed E-state index contributed by atoms with van der Waals surface area (Å²) in [5.74, 6) is 1.70. The van der Waals surface area contributed by atoms with E-state index < -0.39 is 0 Å². The molecule has 120 valence electrons. The largest absolute Gasteiger partial charge is 0.379 e. The second-order valence-corrected chi connectivity index (χ2v) is 7.27. The van der Waals surface area contributed by atoms with Gasteiger partial charge in [0, 0.05) is 25.5 Å². The van der Waals surface area contributed by atoms with Crippen LogP contribution in [0.4, 0.5) is 5.95 Å². The summed E-state index contributed by atoms with van der Waals surface area (Å²) in [4.78, 5) is 11.4. The lowest BCUT2D eigenvalue weighted by molar-refractivity contribution is 0.106. The number of nitrogens with one attached hydrogen (secondary N) is 1. The minimum atomic E-state index is 0.429. The fourth-order valence-electron chi connectivity index (χ4n) is 3.96. The fraction of sp³-hybridized carbons (Fsp3) is 0.765. The van der Waals surface area contributed by atoms with Gasteiger partial charge in [0.1, 0.15) is 0 Å². The van der Waals surface area contributed by atoms with Crippen LogP contribution in [0.1, 0.15) is 32.1 Å². The molecule has 2 saturated heterocycles. The van der Waals surface area contributed by atoms with Gasteiger partial charge in [0.2, 0.25) is 5.95 Å². The minimum Gasteiger partial charge on any atom is -0.379 e. The summed E-state index contributed by atoms with van der Waals surface area (Å²) in [6.07, 6.45) is 10.1. The molecule has 5 heteroatoms. The molecule has 4 rings (SSSR count). The smallest absolute Gasteiger partial charge is 0.225 e. The number of hydrogen-bond acceptors (Lipinski definition) is 5. The van der Waals surface area contributed by atoms with Crippen molar-refractivity contribution in [2.75, 3.05) is 37.7 Å². The first-order valence-electron chi connectivity index (χ1n) is 8.67. The van der Waals surface area contributed by atoms with E-state index in [1.807, 2.05) is 18.5 Å². The van der Waals surface area contributed by atoms with E-state index in [0.29, 0.717) is 11.5 Å². The highest BCUT2D eigenvalue weighted by molar-refractivity contribution is 5.35. The molecule has 0 amide bonds. The van der Waals surface area contributed by atoms with Crippen LogP contribution in [0.25, 0.3) is 0 Å². The molecular formula is C17H26N4O. The Morgan fingerprint density at radius 1 is 1.18 bits per heavy atom. The van der Waals surface area contributed by atoms with Crippen LogP contribution < -0.4 is 10.2 Å². The second-order valence-electron chi connectivity index (χ2n) is 7.27. The van der Waals surface area contributed by atoms with Crippen LogP contribution in [0.15, 0.2) is 18.5 Å². The molecule has 1 aliphatic carbocycles. The molecule has 0 aromatic carbocycles. The standard InChI is InChI=1S/C17H26N4O/c1-6-19-16(20-7-1)21-13-17(4-8-18-9-5-17)10-15(21)12-22-11-14-2-3-14/h1,6-7,14-15,18H,2-5,8-13H2/t15-/m1/s1. The van der Waals surface area contributed by atoms with Crippen molar-refractivity contribution < 1.29 is 4.74 Å². The van der Waals surface area contributed by atoms with E-state index in [0.717, 1.165) is 44.7 Å². The highest BCUT2D eigenvalue weighted by Gasteiger charge is 2.45. The summed E-state index contributed by atoms with van der Waals surface area (Å²) in [6.45, 7) is 5.12. The molecule has 0 bridgehead atoms. The molecule has 1 saturated carbocycles. The van der Waals surface area contributed by atoms with E-state index in [1.165, 1.54) is 32.1 Å². The molecule has 1 aromatic heterocycles. The van der Waals surface area contributed by atoms with Gasteiger partial charge in [0.05, 0.1) is 12.6 Å². The Morgan fingerprint density at radius 2 is 1.95 bits per heavy atom. The second kappa shape index (κ2) is 6.13. The Morgan fingerprint density at radius 3 is 2.68 bits per heavy atom. The van der Waals surface area contributed by atoms with Gasteiger partial charge in [-0.3, -0.25) is 0 Å². The molecule has 0 radical (unpaired) electrons. The van der Waals surface area contributed by atoms with E-state index >= 15 is 0 Å². The van der Waals surface area contributed by atoms with Crippen molar-refractivity contribution in [1.82, 2.24) is 15.3 Å². The maximum Gasteiger partial charge on any atom is 0.225 e. The van der Waals surface area contributed by atoms with Gasteiger partial charge < -0.3 is 15.0 Å². The predicted octanol–water partition coefficient (Wildman–Crippen LogP) is 1.85. The normalized spacial score (nSPS) is 27.5. The van der Waals surface area contributed by atoms with Crippen molar-refractivity contribution in [3.63, 3.8) is 0 Å². The van der Waals surface area contributed by atoms with Crippen LogP contribution in [-0.4, -0.2) is 48.9 Å². The van der Waals surface area contributed by atoms with Gasteiger partial charge in [-0.15, -0.1) is 0 Å². The van der Waals surface area contributed by atoms with Crippen molar-refractivity contribution in [1.29, 1.82) is 0 Å². The maximum atomic E-state index is 6.01. The molecule has 3 heterocycles. The summed E-state index contributed by atoms with van der Waals surface area (Å²) >= 11 is 0. The van der Waals surface area contributed by atoms with Crippen LogP contribution in [0.5, 0.6) is 0 Å². The third-order valence-corrected chi connectivity index (χ3v) is 5.45.